The van der Waals surface area contributed by atoms with Gasteiger partial charge in [0.1, 0.15) is 0 Å². The molecule has 1 aliphatic carbocycles. The number of piperidine rings is 2. The Labute approximate surface area is 123 Å². The molecule has 114 valence electrons. The third kappa shape index (κ3) is 2.74. The van der Waals surface area contributed by atoms with Crippen molar-refractivity contribution >= 4 is 5.91 Å². The molecular weight excluding hydrogens is 248 g/mol. The molecule has 2 aliphatic heterocycles. The summed E-state index contributed by atoms with van der Waals surface area (Å²) >= 11 is 0. The number of fused-ring (bicyclic) bond motifs is 1. The number of amides is 1. The first-order valence-corrected chi connectivity index (χ1v) is 8.75. The Kier molecular flexibility index (Phi) is 4.34. The second-order valence-electron chi connectivity index (χ2n) is 7.41. The van der Waals surface area contributed by atoms with Crippen molar-refractivity contribution in [2.75, 3.05) is 13.1 Å². The van der Waals surface area contributed by atoms with Crippen molar-refractivity contribution in [1.29, 1.82) is 0 Å². The van der Waals surface area contributed by atoms with E-state index in [1.54, 1.807) is 0 Å². The van der Waals surface area contributed by atoms with Crippen LogP contribution in [0.4, 0.5) is 0 Å². The van der Waals surface area contributed by atoms with Gasteiger partial charge in [-0.05, 0) is 64.0 Å². The number of primary amides is 1. The standard InChI is InChI=1S/C17H30N2O/c18-16(20)17(9-3-1-4-10-17)13-14-7-6-12-19-11-5-2-8-15(14)19/h14-15H,1-13H2,(H2,18,20)/t14?,15-/m1/s1. The van der Waals surface area contributed by atoms with Gasteiger partial charge in [-0.15, -0.1) is 0 Å². The van der Waals surface area contributed by atoms with Crippen LogP contribution in [0.5, 0.6) is 0 Å². The largest absolute Gasteiger partial charge is 0.369 e. The van der Waals surface area contributed by atoms with E-state index in [1.165, 1.54) is 64.5 Å². The molecule has 20 heavy (non-hydrogen) atoms. The molecule has 0 aromatic carbocycles. The van der Waals surface area contributed by atoms with Gasteiger partial charge in [-0.1, -0.05) is 25.7 Å². The number of rotatable bonds is 3. The van der Waals surface area contributed by atoms with Crippen molar-refractivity contribution in [3.63, 3.8) is 0 Å². The summed E-state index contributed by atoms with van der Waals surface area (Å²) in [6.07, 6.45) is 13.6. The lowest BCUT2D eigenvalue weighted by Gasteiger charge is -2.47. The van der Waals surface area contributed by atoms with Gasteiger partial charge in [0.15, 0.2) is 0 Å². The van der Waals surface area contributed by atoms with Crippen LogP contribution in [0, 0.1) is 11.3 Å². The predicted octanol–water partition coefficient (Wildman–Crippen LogP) is 3.08. The maximum absolute atomic E-state index is 12.1. The smallest absolute Gasteiger partial charge is 0.223 e. The molecule has 0 aromatic rings. The number of hydrogen-bond acceptors (Lipinski definition) is 2. The molecule has 3 nitrogen and oxygen atoms in total. The molecule has 1 saturated carbocycles. The van der Waals surface area contributed by atoms with E-state index in [-0.39, 0.29) is 11.3 Å². The maximum Gasteiger partial charge on any atom is 0.223 e. The molecule has 3 heteroatoms. The van der Waals surface area contributed by atoms with Crippen LogP contribution in [-0.2, 0) is 4.79 Å². The first kappa shape index (κ1) is 14.4. The SMILES string of the molecule is NC(=O)C1(CC2CCCN3CCCC[C@H]23)CCCCC1. The molecule has 3 rings (SSSR count). The van der Waals surface area contributed by atoms with Gasteiger partial charge in [0.25, 0.3) is 0 Å². The van der Waals surface area contributed by atoms with Gasteiger partial charge in [-0.25, -0.2) is 0 Å². The quantitative estimate of drug-likeness (QED) is 0.862. The molecule has 2 saturated heterocycles. The minimum Gasteiger partial charge on any atom is -0.369 e. The lowest BCUT2D eigenvalue weighted by molar-refractivity contribution is -0.131. The third-order valence-corrected chi connectivity index (χ3v) is 6.21. The van der Waals surface area contributed by atoms with Gasteiger partial charge in [-0.2, -0.15) is 0 Å². The molecule has 0 bridgehead atoms. The molecule has 2 N–H and O–H groups in total. The zero-order chi connectivity index (χ0) is 14.0. The Morgan fingerprint density at radius 1 is 1.00 bits per heavy atom. The minimum atomic E-state index is -0.163. The molecule has 0 aromatic heterocycles. The highest BCUT2D eigenvalue weighted by molar-refractivity contribution is 5.80. The normalized spacial score (nSPS) is 34.4. The second-order valence-corrected chi connectivity index (χ2v) is 7.41. The van der Waals surface area contributed by atoms with E-state index in [0.717, 1.165) is 31.2 Å². The van der Waals surface area contributed by atoms with E-state index in [4.69, 9.17) is 5.73 Å². The second kappa shape index (κ2) is 6.05. The molecule has 0 spiro atoms. The fraction of sp³-hybridized carbons (Fsp3) is 0.941. The van der Waals surface area contributed by atoms with Crippen LogP contribution in [-0.4, -0.2) is 29.9 Å². The van der Waals surface area contributed by atoms with Crippen LogP contribution in [0.15, 0.2) is 0 Å². The predicted molar refractivity (Wildman–Crippen MR) is 81.3 cm³/mol. The van der Waals surface area contributed by atoms with Gasteiger partial charge >= 0.3 is 0 Å². The van der Waals surface area contributed by atoms with Crippen LogP contribution in [0.2, 0.25) is 0 Å². The van der Waals surface area contributed by atoms with Crippen molar-refractivity contribution in [2.45, 2.75) is 76.7 Å². The zero-order valence-corrected chi connectivity index (χ0v) is 12.8. The highest BCUT2D eigenvalue weighted by Gasteiger charge is 2.43. The van der Waals surface area contributed by atoms with Gasteiger partial charge in [0, 0.05) is 11.5 Å². The van der Waals surface area contributed by atoms with Gasteiger partial charge in [0.2, 0.25) is 5.91 Å². The Morgan fingerprint density at radius 3 is 2.50 bits per heavy atom. The monoisotopic (exact) mass is 278 g/mol. The highest BCUT2D eigenvalue weighted by Crippen LogP contribution is 2.45. The van der Waals surface area contributed by atoms with E-state index < -0.39 is 0 Å². The van der Waals surface area contributed by atoms with Crippen molar-refractivity contribution in [3.05, 3.63) is 0 Å². The number of nitrogens with zero attached hydrogens (tertiary/aromatic N) is 1. The lowest BCUT2D eigenvalue weighted by atomic mass is 9.65. The van der Waals surface area contributed by atoms with E-state index in [0.29, 0.717) is 0 Å². The molecular formula is C17H30N2O. The van der Waals surface area contributed by atoms with E-state index >= 15 is 0 Å². The fourth-order valence-corrected chi connectivity index (χ4v) is 5.10. The molecule has 3 aliphatic rings. The molecule has 0 radical (unpaired) electrons. The third-order valence-electron chi connectivity index (χ3n) is 6.21. The van der Waals surface area contributed by atoms with Crippen LogP contribution in [0.3, 0.4) is 0 Å². The summed E-state index contributed by atoms with van der Waals surface area (Å²) in [4.78, 5) is 14.8. The van der Waals surface area contributed by atoms with Crippen LogP contribution in [0.1, 0.15) is 70.6 Å². The van der Waals surface area contributed by atoms with Gasteiger partial charge < -0.3 is 10.6 Å². The van der Waals surface area contributed by atoms with E-state index in [1.807, 2.05) is 0 Å². The van der Waals surface area contributed by atoms with E-state index in [2.05, 4.69) is 4.90 Å². The maximum atomic E-state index is 12.1. The Morgan fingerprint density at radius 2 is 1.75 bits per heavy atom. The Balaban J connectivity index is 1.72. The number of carbonyl (C=O) groups excluding carboxylic acids is 1. The Hall–Kier alpha value is -0.570. The van der Waals surface area contributed by atoms with E-state index in [9.17, 15) is 4.79 Å². The molecule has 3 fully saturated rings. The average molecular weight is 278 g/mol. The molecule has 2 heterocycles. The van der Waals surface area contributed by atoms with Gasteiger partial charge in [0.05, 0.1) is 0 Å². The number of nitrogens with two attached hydrogens (primary N) is 1. The summed E-state index contributed by atoms with van der Waals surface area (Å²) < 4.78 is 0. The van der Waals surface area contributed by atoms with Crippen molar-refractivity contribution < 1.29 is 4.79 Å². The summed E-state index contributed by atoms with van der Waals surface area (Å²) in [6, 6.07) is 0.746. The zero-order valence-electron chi connectivity index (χ0n) is 12.8. The summed E-state index contributed by atoms with van der Waals surface area (Å²) in [5, 5.41) is 0. The Bertz CT molecular complexity index is 347. The first-order valence-electron chi connectivity index (χ1n) is 8.75. The topological polar surface area (TPSA) is 46.3 Å². The number of hydrogen-bond donors (Lipinski definition) is 1. The highest BCUT2D eigenvalue weighted by atomic mass is 16.1. The summed E-state index contributed by atoms with van der Waals surface area (Å²) in [6.45, 7) is 2.56. The van der Waals surface area contributed by atoms with Crippen LogP contribution in [0.25, 0.3) is 0 Å². The minimum absolute atomic E-state index is 0.00914. The van der Waals surface area contributed by atoms with Gasteiger partial charge in [-0.3, -0.25) is 4.79 Å². The molecule has 2 atom stereocenters. The van der Waals surface area contributed by atoms with Crippen LogP contribution >= 0.6 is 0 Å². The van der Waals surface area contributed by atoms with Crippen molar-refractivity contribution in [3.8, 4) is 0 Å². The molecule has 1 unspecified atom stereocenters. The van der Waals surface area contributed by atoms with Crippen molar-refractivity contribution in [1.82, 2.24) is 4.90 Å². The summed E-state index contributed by atoms with van der Waals surface area (Å²) in [5.41, 5.74) is 5.67. The number of carbonyl (C=O) groups is 1. The lowest BCUT2D eigenvalue weighted by Crippen LogP contribution is -2.51. The summed E-state index contributed by atoms with van der Waals surface area (Å²) in [7, 11) is 0. The molecule has 1 amide bonds. The fourth-order valence-electron chi connectivity index (χ4n) is 5.10. The average Bonchev–Trinajstić information content (AvgIpc) is 2.48. The first-order chi connectivity index (χ1) is 9.71. The van der Waals surface area contributed by atoms with Crippen molar-refractivity contribution in [2.24, 2.45) is 17.1 Å². The van der Waals surface area contributed by atoms with Crippen LogP contribution < -0.4 is 5.73 Å². The summed E-state index contributed by atoms with van der Waals surface area (Å²) in [5.74, 6) is 0.708.